The van der Waals surface area contributed by atoms with Crippen molar-refractivity contribution in [3.63, 3.8) is 0 Å². The average Bonchev–Trinajstić information content (AvgIpc) is 2.27. The van der Waals surface area contributed by atoms with Gasteiger partial charge in [-0.15, -0.1) is 0 Å². The number of carbonyl (C=O) groups is 2. The van der Waals surface area contributed by atoms with Crippen LogP contribution >= 0.6 is 0 Å². The van der Waals surface area contributed by atoms with E-state index in [1.165, 1.54) is 0 Å². The van der Waals surface area contributed by atoms with E-state index in [0.29, 0.717) is 5.56 Å². The Balaban J connectivity index is 2.71. The van der Waals surface area contributed by atoms with Crippen LogP contribution in [-0.4, -0.2) is 36.2 Å². The Labute approximate surface area is 95.0 Å². The van der Waals surface area contributed by atoms with Crippen LogP contribution in [0.15, 0.2) is 30.3 Å². The third kappa shape index (κ3) is 3.17. The van der Waals surface area contributed by atoms with Crippen LogP contribution in [0, 0.1) is 0 Å². The summed E-state index contributed by atoms with van der Waals surface area (Å²) in [5, 5.41) is 0. The molecule has 2 N–H and O–H groups in total. The first-order valence-corrected chi connectivity index (χ1v) is 5.10. The standard InChI is InChI=1S/C12H16N2O2/c1-9(14(2)8-11(13)15)12(16)10-6-4-3-5-7-10/h3-7,9H,8H2,1-2H3,(H2,13,15). The van der Waals surface area contributed by atoms with Crippen LogP contribution < -0.4 is 5.73 Å². The lowest BCUT2D eigenvalue weighted by Gasteiger charge is -2.21. The molecule has 0 aliphatic heterocycles. The van der Waals surface area contributed by atoms with E-state index in [-0.39, 0.29) is 18.4 Å². The van der Waals surface area contributed by atoms with Crippen molar-refractivity contribution in [2.45, 2.75) is 13.0 Å². The molecule has 86 valence electrons. The highest BCUT2D eigenvalue weighted by Crippen LogP contribution is 2.07. The number of nitrogens with zero attached hydrogens (tertiary/aromatic N) is 1. The molecule has 0 saturated carbocycles. The van der Waals surface area contributed by atoms with Crippen LogP contribution in [0.4, 0.5) is 0 Å². The van der Waals surface area contributed by atoms with Crippen LogP contribution in [0.3, 0.4) is 0 Å². The number of hydrogen-bond donors (Lipinski definition) is 1. The maximum atomic E-state index is 12.0. The van der Waals surface area contributed by atoms with E-state index < -0.39 is 5.91 Å². The summed E-state index contributed by atoms with van der Waals surface area (Å²) in [6, 6.07) is 8.65. The van der Waals surface area contributed by atoms with Crippen molar-refractivity contribution in [3.8, 4) is 0 Å². The van der Waals surface area contributed by atoms with Gasteiger partial charge >= 0.3 is 0 Å². The number of hydrogen-bond acceptors (Lipinski definition) is 3. The van der Waals surface area contributed by atoms with Gasteiger partial charge < -0.3 is 5.73 Å². The predicted molar refractivity (Wildman–Crippen MR) is 62.1 cm³/mol. The second-order valence-corrected chi connectivity index (χ2v) is 3.79. The van der Waals surface area contributed by atoms with Gasteiger partial charge in [-0.05, 0) is 14.0 Å². The maximum absolute atomic E-state index is 12.0. The van der Waals surface area contributed by atoms with Crippen molar-refractivity contribution in [2.75, 3.05) is 13.6 Å². The predicted octanol–water partition coefficient (Wildman–Crippen LogP) is 0.675. The zero-order valence-corrected chi connectivity index (χ0v) is 9.51. The molecule has 1 aromatic rings. The number of benzene rings is 1. The molecule has 0 aromatic heterocycles. The lowest BCUT2D eigenvalue weighted by Crippen LogP contribution is -2.41. The molecule has 0 aliphatic carbocycles. The van der Waals surface area contributed by atoms with Gasteiger partial charge in [-0.1, -0.05) is 30.3 Å². The fourth-order valence-corrected chi connectivity index (χ4v) is 1.43. The van der Waals surface area contributed by atoms with Gasteiger partial charge in [-0.25, -0.2) is 0 Å². The minimum Gasteiger partial charge on any atom is -0.369 e. The first-order valence-electron chi connectivity index (χ1n) is 5.10. The number of likely N-dealkylation sites (N-methyl/N-ethyl adjacent to an activating group) is 1. The third-order valence-electron chi connectivity index (χ3n) is 2.50. The van der Waals surface area contributed by atoms with Gasteiger partial charge in [0, 0.05) is 5.56 Å². The molecular formula is C12H16N2O2. The number of nitrogens with two attached hydrogens (primary N) is 1. The largest absolute Gasteiger partial charge is 0.369 e. The minimum atomic E-state index is -0.435. The SMILES string of the molecule is CC(C(=O)c1ccccc1)N(C)CC(N)=O. The monoisotopic (exact) mass is 220 g/mol. The zero-order valence-electron chi connectivity index (χ0n) is 9.51. The highest BCUT2D eigenvalue weighted by atomic mass is 16.1. The normalized spacial score (nSPS) is 12.4. The number of amides is 1. The molecule has 1 unspecified atom stereocenters. The molecule has 1 rings (SSSR count). The number of primary amides is 1. The third-order valence-corrected chi connectivity index (χ3v) is 2.50. The van der Waals surface area contributed by atoms with E-state index in [1.54, 1.807) is 31.0 Å². The molecule has 1 aromatic carbocycles. The van der Waals surface area contributed by atoms with Gasteiger partial charge in [0.15, 0.2) is 5.78 Å². The van der Waals surface area contributed by atoms with Gasteiger partial charge in [0.25, 0.3) is 0 Å². The molecule has 1 atom stereocenters. The number of ketones is 1. The van der Waals surface area contributed by atoms with Crippen LogP contribution in [-0.2, 0) is 4.79 Å². The lowest BCUT2D eigenvalue weighted by atomic mass is 10.0. The molecule has 4 nitrogen and oxygen atoms in total. The first-order chi connectivity index (χ1) is 7.52. The molecule has 0 spiro atoms. The van der Waals surface area contributed by atoms with E-state index in [9.17, 15) is 9.59 Å². The summed E-state index contributed by atoms with van der Waals surface area (Å²) in [6.07, 6.45) is 0. The lowest BCUT2D eigenvalue weighted by molar-refractivity contribution is -0.119. The zero-order chi connectivity index (χ0) is 12.1. The fraction of sp³-hybridized carbons (Fsp3) is 0.333. The minimum absolute atomic E-state index is 0.00986. The molecule has 1 amide bonds. The fourth-order valence-electron chi connectivity index (χ4n) is 1.43. The summed E-state index contributed by atoms with van der Waals surface area (Å²) in [4.78, 5) is 24.4. The molecule has 0 aliphatic rings. The Bertz CT molecular complexity index is 376. The molecule has 0 fully saturated rings. The van der Waals surface area contributed by atoms with E-state index >= 15 is 0 Å². The van der Waals surface area contributed by atoms with Crippen LogP contribution in [0.25, 0.3) is 0 Å². The number of carbonyl (C=O) groups excluding carboxylic acids is 2. The van der Waals surface area contributed by atoms with E-state index in [0.717, 1.165) is 0 Å². The number of Topliss-reactive ketones (excluding diaryl/α,β-unsaturated/α-hetero) is 1. The van der Waals surface area contributed by atoms with Gasteiger partial charge in [0.2, 0.25) is 5.91 Å². The summed E-state index contributed by atoms with van der Waals surface area (Å²) < 4.78 is 0. The highest BCUT2D eigenvalue weighted by molar-refractivity contribution is 6.00. The second kappa shape index (κ2) is 5.42. The quantitative estimate of drug-likeness (QED) is 0.742. The van der Waals surface area contributed by atoms with Gasteiger partial charge in [0.1, 0.15) is 0 Å². The van der Waals surface area contributed by atoms with Gasteiger partial charge in [-0.2, -0.15) is 0 Å². The van der Waals surface area contributed by atoms with Crippen molar-refractivity contribution in [1.29, 1.82) is 0 Å². The van der Waals surface area contributed by atoms with Crippen LogP contribution in [0.5, 0.6) is 0 Å². The first kappa shape index (κ1) is 12.4. The highest BCUT2D eigenvalue weighted by Gasteiger charge is 2.20. The van der Waals surface area contributed by atoms with Crippen molar-refractivity contribution in [2.24, 2.45) is 5.73 Å². The molecule has 0 bridgehead atoms. The molecule has 4 heteroatoms. The Morgan fingerprint density at radius 3 is 2.38 bits per heavy atom. The van der Waals surface area contributed by atoms with Crippen LogP contribution in [0.2, 0.25) is 0 Å². The maximum Gasteiger partial charge on any atom is 0.231 e. The van der Waals surface area contributed by atoms with Gasteiger partial charge in [0.05, 0.1) is 12.6 Å². The molecule has 0 saturated heterocycles. The summed E-state index contributed by atoms with van der Waals surface area (Å²) in [6.45, 7) is 1.85. The Morgan fingerprint density at radius 2 is 1.88 bits per heavy atom. The van der Waals surface area contributed by atoms with Crippen molar-refractivity contribution < 1.29 is 9.59 Å². The Morgan fingerprint density at radius 1 is 1.31 bits per heavy atom. The van der Waals surface area contributed by atoms with Crippen LogP contribution in [0.1, 0.15) is 17.3 Å². The summed E-state index contributed by atoms with van der Waals surface area (Å²) in [5.74, 6) is -0.445. The molecule has 0 radical (unpaired) electrons. The topological polar surface area (TPSA) is 63.4 Å². The van der Waals surface area contributed by atoms with Crippen molar-refractivity contribution in [1.82, 2.24) is 4.90 Å². The van der Waals surface area contributed by atoms with E-state index in [2.05, 4.69) is 0 Å². The molecule has 0 heterocycles. The second-order valence-electron chi connectivity index (χ2n) is 3.79. The van der Waals surface area contributed by atoms with E-state index in [1.807, 2.05) is 18.2 Å². The summed E-state index contributed by atoms with van der Waals surface area (Å²) >= 11 is 0. The number of rotatable bonds is 5. The smallest absolute Gasteiger partial charge is 0.231 e. The summed E-state index contributed by atoms with van der Waals surface area (Å²) in [7, 11) is 1.70. The van der Waals surface area contributed by atoms with E-state index in [4.69, 9.17) is 5.73 Å². The Kier molecular flexibility index (Phi) is 4.19. The van der Waals surface area contributed by atoms with Crippen molar-refractivity contribution >= 4 is 11.7 Å². The summed E-state index contributed by atoms with van der Waals surface area (Å²) in [5.41, 5.74) is 5.72. The molecule has 16 heavy (non-hydrogen) atoms. The van der Waals surface area contributed by atoms with Gasteiger partial charge in [-0.3, -0.25) is 14.5 Å². The average molecular weight is 220 g/mol. The molecular weight excluding hydrogens is 204 g/mol. The van der Waals surface area contributed by atoms with Crippen molar-refractivity contribution in [3.05, 3.63) is 35.9 Å². The Hall–Kier alpha value is -1.68.